The number of nitriles is 1. The lowest BCUT2D eigenvalue weighted by Gasteiger charge is -2.43. The van der Waals surface area contributed by atoms with Crippen LogP contribution in [0.1, 0.15) is 27.8 Å². The van der Waals surface area contributed by atoms with E-state index in [0.29, 0.717) is 23.0 Å². The van der Waals surface area contributed by atoms with E-state index in [2.05, 4.69) is 164 Å². The van der Waals surface area contributed by atoms with Gasteiger partial charge in [-0.15, -0.1) is 0 Å². The van der Waals surface area contributed by atoms with Crippen LogP contribution in [0.3, 0.4) is 0 Å². The SMILES string of the molecule is N#Cc1ccc(-c2nc(-c3ccccc3)nc(-c3cccc(-c4cccc(-c5cccc6c5C(c5ccccc5)(c5ccccc5)c5cc7ccccc7cc5O6)c4)c3)n2)cc1. The van der Waals surface area contributed by atoms with Crippen LogP contribution in [0, 0.1) is 11.3 Å². The molecule has 5 heteroatoms. The lowest BCUT2D eigenvalue weighted by molar-refractivity contribution is 0.436. The second kappa shape index (κ2) is 15.3. The van der Waals surface area contributed by atoms with Crippen molar-refractivity contribution in [3.05, 3.63) is 246 Å². The predicted molar refractivity (Wildman–Crippen MR) is 248 cm³/mol. The molecule has 0 bridgehead atoms. The molecule has 0 amide bonds. The van der Waals surface area contributed by atoms with Gasteiger partial charge in [-0.3, -0.25) is 0 Å². The summed E-state index contributed by atoms with van der Waals surface area (Å²) in [6, 6.07) is 77.8. The van der Waals surface area contributed by atoms with E-state index in [0.717, 1.165) is 83.5 Å². The Morgan fingerprint density at radius 2 is 0.871 bits per heavy atom. The normalized spacial score (nSPS) is 12.4. The first kappa shape index (κ1) is 36.6. The van der Waals surface area contributed by atoms with E-state index in [1.807, 2.05) is 48.5 Å². The molecular formula is C57H36N4O. The molecule has 5 nitrogen and oxygen atoms in total. The number of hydrogen-bond donors (Lipinski definition) is 0. The highest BCUT2D eigenvalue weighted by Gasteiger charge is 2.47. The van der Waals surface area contributed by atoms with Crippen LogP contribution >= 0.6 is 0 Å². The topological polar surface area (TPSA) is 71.7 Å². The fourth-order valence-electron chi connectivity index (χ4n) is 8.98. The molecule has 1 aromatic heterocycles. The summed E-state index contributed by atoms with van der Waals surface area (Å²) in [6.45, 7) is 0. The summed E-state index contributed by atoms with van der Waals surface area (Å²) < 4.78 is 6.99. The van der Waals surface area contributed by atoms with Gasteiger partial charge in [0.15, 0.2) is 17.5 Å². The Labute approximate surface area is 359 Å². The Hall–Kier alpha value is -8.46. The van der Waals surface area contributed by atoms with Crippen molar-refractivity contribution in [2.75, 3.05) is 0 Å². The highest BCUT2D eigenvalue weighted by atomic mass is 16.5. The summed E-state index contributed by atoms with van der Waals surface area (Å²) in [6.07, 6.45) is 0. The maximum atomic E-state index is 9.43. The Morgan fingerprint density at radius 3 is 1.50 bits per heavy atom. The molecule has 1 aliphatic heterocycles. The Bertz CT molecular complexity index is 3280. The van der Waals surface area contributed by atoms with Crippen LogP contribution < -0.4 is 4.74 Å². The van der Waals surface area contributed by atoms with Crippen molar-refractivity contribution in [2.45, 2.75) is 5.41 Å². The second-order valence-corrected chi connectivity index (χ2v) is 15.5. The molecule has 11 rings (SSSR count). The molecule has 0 radical (unpaired) electrons. The Morgan fingerprint density at radius 1 is 0.387 bits per heavy atom. The van der Waals surface area contributed by atoms with Crippen molar-refractivity contribution in [1.29, 1.82) is 5.26 Å². The standard InChI is InChI=1S/C57H36N4O/c58-37-38-29-31-40(32-30-38)55-59-54(39-15-4-1-5-16-39)60-56(61-55)46-22-13-20-42(34-46)41-19-12-21-45(33-41)49-27-14-28-51-53(49)57(47-23-6-2-7-24-47,48-25-8-3-9-26-48)50-35-43-17-10-11-18-44(43)36-52(50)62-51/h1-36H. The monoisotopic (exact) mass is 792 g/mol. The number of rotatable bonds is 7. The summed E-state index contributed by atoms with van der Waals surface area (Å²) >= 11 is 0. The molecule has 0 unspecified atom stereocenters. The van der Waals surface area contributed by atoms with E-state index in [9.17, 15) is 5.26 Å². The van der Waals surface area contributed by atoms with E-state index in [1.165, 1.54) is 0 Å². The zero-order chi connectivity index (χ0) is 41.5. The second-order valence-electron chi connectivity index (χ2n) is 15.5. The molecule has 0 fully saturated rings. The minimum atomic E-state index is -0.705. The van der Waals surface area contributed by atoms with Crippen LogP contribution in [-0.4, -0.2) is 15.0 Å². The summed E-state index contributed by atoms with van der Waals surface area (Å²) in [7, 11) is 0. The number of ether oxygens (including phenoxy) is 1. The average Bonchev–Trinajstić information content (AvgIpc) is 3.35. The third-order valence-electron chi connectivity index (χ3n) is 11.9. The lowest BCUT2D eigenvalue weighted by Crippen LogP contribution is -2.34. The third-order valence-corrected chi connectivity index (χ3v) is 11.9. The van der Waals surface area contributed by atoms with E-state index in [1.54, 1.807) is 12.1 Å². The van der Waals surface area contributed by atoms with E-state index < -0.39 is 5.41 Å². The van der Waals surface area contributed by atoms with Crippen molar-refractivity contribution >= 4 is 10.8 Å². The van der Waals surface area contributed by atoms with Gasteiger partial charge in [0.1, 0.15) is 11.5 Å². The van der Waals surface area contributed by atoms with E-state index >= 15 is 0 Å². The molecule has 1 aliphatic rings. The quantitative estimate of drug-likeness (QED) is 0.161. The van der Waals surface area contributed by atoms with Crippen LogP contribution in [0.15, 0.2) is 218 Å². The van der Waals surface area contributed by atoms with Gasteiger partial charge in [0.05, 0.1) is 17.0 Å². The summed E-state index contributed by atoms with van der Waals surface area (Å²) in [4.78, 5) is 14.9. The van der Waals surface area contributed by atoms with Gasteiger partial charge in [-0.05, 0) is 98.8 Å². The first-order valence-electron chi connectivity index (χ1n) is 20.6. The molecule has 290 valence electrons. The lowest BCUT2D eigenvalue weighted by atomic mass is 9.62. The minimum Gasteiger partial charge on any atom is -0.457 e. The number of fused-ring (bicyclic) bond motifs is 3. The van der Waals surface area contributed by atoms with Gasteiger partial charge < -0.3 is 4.74 Å². The van der Waals surface area contributed by atoms with E-state index in [4.69, 9.17) is 19.7 Å². The molecule has 9 aromatic carbocycles. The maximum Gasteiger partial charge on any atom is 0.164 e. The molecule has 0 saturated heterocycles. The Kier molecular flexibility index (Phi) is 9.03. The molecule has 62 heavy (non-hydrogen) atoms. The molecule has 0 saturated carbocycles. The van der Waals surface area contributed by atoms with Crippen molar-refractivity contribution < 1.29 is 4.74 Å². The van der Waals surface area contributed by atoms with Gasteiger partial charge in [0.2, 0.25) is 0 Å². The maximum absolute atomic E-state index is 9.43. The first-order valence-corrected chi connectivity index (χ1v) is 20.6. The van der Waals surface area contributed by atoms with Crippen LogP contribution in [0.2, 0.25) is 0 Å². The van der Waals surface area contributed by atoms with Gasteiger partial charge in [-0.1, -0.05) is 164 Å². The van der Waals surface area contributed by atoms with Gasteiger partial charge in [0, 0.05) is 27.8 Å². The van der Waals surface area contributed by atoms with E-state index in [-0.39, 0.29) is 0 Å². The molecule has 0 N–H and O–H groups in total. The smallest absolute Gasteiger partial charge is 0.164 e. The molecule has 2 heterocycles. The molecule has 0 atom stereocenters. The van der Waals surface area contributed by atoms with Crippen molar-refractivity contribution in [1.82, 2.24) is 15.0 Å². The largest absolute Gasteiger partial charge is 0.457 e. The molecule has 10 aromatic rings. The van der Waals surface area contributed by atoms with Crippen molar-refractivity contribution in [2.24, 2.45) is 0 Å². The summed E-state index contributed by atoms with van der Waals surface area (Å²) in [5.74, 6) is 3.35. The number of benzene rings is 9. The fraction of sp³-hybridized carbons (Fsp3) is 0.0175. The van der Waals surface area contributed by atoms with Gasteiger partial charge in [-0.2, -0.15) is 5.26 Å². The van der Waals surface area contributed by atoms with Gasteiger partial charge in [-0.25, -0.2) is 15.0 Å². The van der Waals surface area contributed by atoms with Gasteiger partial charge >= 0.3 is 0 Å². The zero-order valence-corrected chi connectivity index (χ0v) is 33.5. The van der Waals surface area contributed by atoms with Crippen LogP contribution in [-0.2, 0) is 5.41 Å². The fourth-order valence-corrected chi connectivity index (χ4v) is 8.98. The van der Waals surface area contributed by atoms with Gasteiger partial charge in [0.25, 0.3) is 0 Å². The Balaban J connectivity index is 1.07. The minimum absolute atomic E-state index is 0.539. The first-order chi connectivity index (χ1) is 30.7. The number of hydrogen-bond acceptors (Lipinski definition) is 5. The summed E-state index contributed by atoms with van der Waals surface area (Å²) in [5.41, 5.74) is 11.2. The predicted octanol–water partition coefficient (Wildman–Crippen LogP) is 13.7. The van der Waals surface area contributed by atoms with Crippen molar-refractivity contribution in [3.63, 3.8) is 0 Å². The summed E-state index contributed by atoms with van der Waals surface area (Å²) in [5, 5.41) is 11.7. The van der Waals surface area contributed by atoms with Crippen LogP contribution in [0.5, 0.6) is 11.5 Å². The highest BCUT2D eigenvalue weighted by molar-refractivity contribution is 5.90. The molecular weight excluding hydrogens is 757 g/mol. The average molecular weight is 793 g/mol. The van der Waals surface area contributed by atoms with Crippen molar-refractivity contribution in [3.8, 4) is 74.0 Å². The van der Waals surface area contributed by atoms with Crippen LogP contribution in [0.25, 0.3) is 67.2 Å². The molecule has 0 spiro atoms. The third kappa shape index (κ3) is 6.30. The zero-order valence-electron chi connectivity index (χ0n) is 33.5. The highest BCUT2D eigenvalue weighted by Crippen LogP contribution is 2.58. The number of aromatic nitrogens is 3. The molecule has 0 aliphatic carbocycles. The van der Waals surface area contributed by atoms with Crippen LogP contribution in [0.4, 0.5) is 0 Å². The number of nitrogens with zero attached hydrogens (tertiary/aromatic N) is 4.